The minimum atomic E-state index is -4.50. The molecule has 0 unspecified atom stereocenters. The van der Waals surface area contributed by atoms with E-state index in [4.69, 9.17) is 0 Å². The highest BCUT2D eigenvalue weighted by molar-refractivity contribution is 5.30. The zero-order valence-corrected chi connectivity index (χ0v) is 11.6. The van der Waals surface area contributed by atoms with Crippen molar-refractivity contribution in [2.45, 2.75) is 25.1 Å². The van der Waals surface area contributed by atoms with Crippen LogP contribution in [-0.4, -0.2) is 31.1 Å². The van der Waals surface area contributed by atoms with Gasteiger partial charge in [0.15, 0.2) is 0 Å². The number of alkyl halides is 3. The van der Waals surface area contributed by atoms with Crippen LogP contribution in [0.25, 0.3) is 0 Å². The van der Waals surface area contributed by atoms with Gasteiger partial charge >= 0.3 is 6.18 Å². The molecule has 1 saturated heterocycles. The predicted molar refractivity (Wildman–Crippen MR) is 71.3 cm³/mol. The summed E-state index contributed by atoms with van der Waals surface area (Å²) in [6, 6.07) is 2.86. The Balaban J connectivity index is 1.89. The largest absolute Gasteiger partial charge is 0.416 e. The van der Waals surface area contributed by atoms with Crippen LogP contribution in [0, 0.1) is 11.7 Å². The van der Waals surface area contributed by atoms with Crippen LogP contribution >= 0.6 is 0 Å². The molecule has 0 spiro atoms. The van der Waals surface area contributed by atoms with Crippen LogP contribution in [0.2, 0.25) is 0 Å². The SMILES string of the molecule is Fc1cc(C(F)(F)F)ccc1[C@H](C1CC1)N1CCNCC1. The molecule has 2 fully saturated rings. The van der Waals surface area contributed by atoms with Gasteiger partial charge in [0, 0.05) is 37.8 Å². The molecule has 2 aliphatic rings. The van der Waals surface area contributed by atoms with E-state index in [0.29, 0.717) is 17.5 Å². The zero-order valence-electron chi connectivity index (χ0n) is 11.6. The molecule has 1 aromatic carbocycles. The van der Waals surface area contributed by atoms with Crippen molar-refractivity contribution in [3.05, 3.63) is 35.1 Å². The maximum absolute atomic E-state index is 14.2. The van der Waals surface area contributed by atoms with Crippen LogP contribution in [0.1, 0.15) is 30.0 Å². The van der Waals surface area contributed by atoms with E-state index in [0.717, 1.165) is 45.1 Å². The lowest BCUT2D eigenvalue weighted by atomic mass is 9.97. The molecule has 116 valence electrons. The lowest BCUT2D eigenvalue weighted by molar-refractivity contribution is -0.137. The monoisotopic (exact) mass is 302 g/mol. The van der Waals surface area contributed by atoms with E-state index >= 15 is 0 Å². The molecule has 0 aromatic heterocycles. The second-order valence-corrected chi connectivity index (χ2v) is 5.80. The van der Waals surface area contributed by atoms with Crippen molar-refractivity contribution in [2.75, 3.05) is 26.2 Å². The van der Waals surface area contributed by atoms with Crippen LogP contribution in [0.3, 0.4) is 0 Å². The van der Waals surface area contributed by atoms with Crippen molar-refractivity contribution in [2.24, 2.45) is 5.92 Å². The minimum absolute atomic E-state index is 0.0885. The van der Waals surface area contributed by atoms with Crippen LogP contribution in [0.4, 0.5) is 17.6 Å². The van der Waals surface area contributed by atoms with Crippen molar-refractivity contribution in [3.63, 3.8) is 0 Å². The van der Waals surface area contributed by atoms with Crippen molar-refractivity contribution in [1.29, 1.82) is 0 Å². The summed E-state index contributed by atoms with van der Waals surface area (Å²) in [6.45, 7) is 3.29. The highest BCUT2D eigenvalue weighted by atomic mass is 19.4. The number of hydrogen-bond donors (Lipinski definition) is 1. The smallest absolute Gasteiger partial charge is 0.314 e. The second kappa shape index (κ2) is 5.57. The van der Waals surface area contributed by atoms with Crippen LogP contribution in [0.5, 0.6) is 0 Å². The Kier molecular flexibility index (Phi) is 3.92. The van der Waals surface area contributed by atoms with Crippen LogP contribution in [-0.2, 0) is 6.18 Å². The molecule has 1 aliphatic heterocycles. The minimum Gasteiger partial charge on any atom is -0.314 e. The lowest BCUT2D eigenvalue weighted by Gasteiger charge is -2.35. The zero-order chi connectivity index (χ0) is 15.0. The molecular weight excluding hydrogens is 284 g/mol. The summed E-state index contributed by atoms with van der Waals surface area (Å²) in [5.41, 5.74) is -0.508. The second-order valence-electron chi connectivity index (χ2n) is 5.80. The Morgan fingerprint density at radius 3 is 2.33 bits per heavy atom. The van der Waals surface area contributed by atoms with E-state index < -0.39 is 17.6 Å². The van der Waals surface area contributed by atoms with E-state index in [1.807, 2.05) is 0 Å². The predicted octanol–water partition coefficient (Wildman–Crippen LogP) is 3.20. The molecule has 2 nitrogen and oxygen atoms in total. The molecule has 0 amide bonds. The van der Waals surface area contributed by atoms with E-state index in [1.165, 1.54) is 6.07 Å². The van der Waals surface area contributed by atoms with Crippen LogP contribution in [0.15, 0.2) is 18.2 Å². The quantitative estimate of drug-likeness (QED) is 0.863. The first-order valence-electron chi connectivity index (χ1n) is 7.28. The van der Waals surface area contributed by atoms with E-state index in [2.05, 4.69) is 10.2 Å². The average Bonchev–Trinajstić information content (AvgIpc) is 3.26. The Bertz CT molecular complexity index is 505. The number of hydrogen-bond acceptors (Lipinski definition) is 2. The molecule has 3 rings (SSSR count). The van der Waals surface area contributed by atoms with Gasteiger partial charge in [-0.1, -0.05) is 6.07 Å². The summed E-state index contributed by atoms with van der Waals surface area (Å²) in [7, 11) is 0. The first-order chi connectivity index (χ1) is 9.97. The van der Waals surface area contributed by atoms with Gasteiger partial charge in [0.05, 0.1) is 5.56 Å². The lowest BCUT2D eigenvalue weighted by Crippen LogP contribution is -2.45. The van der Waals surface area contributed by atoms with Gasteiger partial charge in [0.1, 0.15) is 5.82 Å². The highest BCUT2D eigenvalue weighted by Crippen LogP contribution is 2.45. The first kappa shape index (κ1) is 14.8. The van der Waals surface area contributed by atoms with E-state index in [1.54, 1.807) is 0 Å². The van der Waals surface area contributed by atoms with Gasteiger partial charge in [-0.2, -0.15) is 13.2 Å². The standard InChI is InChI=1S/C15H18F4N2/c16-13-9-11(15(17,18)19)3-4-12(13)14(10-1-2-10)21-7-5-20-6-8-21/h3-4,9-10,14,20H,1-2,5-8H2/t14-/m0/s1. The molecule has 1 aromatic rings. The summed E-state index contributed by atoms with van der Waals surface area (Å²) in [5, 5.41) is 3.24. The summed E-state index contributed by atoms with van der Waals surface area (Å²) >= 11 is 0. The molecule has 1 saturated carbocycles. The van der Waals surface area contributed by atoms with Gasteiger partial charge in [-0.3, -0.25) is 4.90 Å². The molecule has 1 atom stereocenters. The van der Waals surface area contributed by atoms with E-state index in [9.17, 15) is 17.6 Å². The Hall–Kier alpha value is -1.14. The number of nitrogens with one attached hydrogen (secondary N) is 1. The van der Waals surface area contributed by atoms with Gasteiger partial charge in [0.2, 0.25) is 0 Å². The summed E-state index contributed by atoms with van der Waals surface area (Å²) in [5.74, 6) is -0.366. The summed E-state index contributed by atoms with van der Waals surface area (Å²) in [4.78, 5) is 2.19. The maximum atomic E-state index is 14.2. The van der Waals surface area contributed by atoms with Gasteiger partial charge < -0.3 is 5.32 Å². The average molecular weight is 302 g/mol. The Morgan fingerprint density at radius 2 is 1.81 bits per heavy atom. The molecule has 0 bridgehead atoms. The van der Waals surface area contributed by atoms with Gasteiger partial charge in [-0.25, -0.2) is 4.39 Å². The first-order valence-corrected chi connectivity index (χ1v) is 7.28. The highest BCUT2D eigenvalue weighted by Gasteiger charge is 2.39. The van der Waals surface area contributed by atoms with Gasteiger partial charge in [-0.05, 0) is 30.9 Å². The van der Waals surface area contributed by atoms with Crippen LogP contribution < -0.4 is 5.32 Å². The third-order valence-corrected chi connectivity index (χ3v) is 4.26. The molecular formula is C15H18F4N2. The fraction of sp³-hybridized carbons (Fsp3) is 0.600. The fourth-order valence-corrected chi connectivity index (χ4v) is 3.06. The number of rotatable bonds is 3. The van der Waals surface area contributed by atoms with Crippen molar-refractivity contribution < 1.29 is 17.6 Å². The molecule has 0 radical (unpaired) electrons. The van der Waals surface area contributed by atoms with Crippen molar-refractivity contribution in [3.8, 4) is 0 Å². The van der Waals surface area contributed by atoms with Gasteiger partial charge in [0.25, 0.3) is 0 Å². The number of nitrogens with zero attached hydrogens (tertiary/aromatic N) is 1. The fourth-order valence-electron chi connectivity index (χ4n) is 3.06. The summed E-state index contributed by atoms with van der Waals surface area (Å²) < 4.78 is 52.2. The molecule has 1 N–H and O–H groups in total. The van der Waals surface area contributed by atoms with Crippen molar-refractivity contribution in [1.82, 2.24) is 10.2 Å². The molecule has 1 heterocycles. The summed E-state index contributed by atoms with van der Waals surface area (Å²) in [6.07, 6.45) is -2.45. The Morgan fingerprint density at radius 1 is 1.14 bits per heavy atom. The molecule has 6 heteroatoms. The third kappa shape index (κ3) is 3.21. The number of benzene rings is 1. The molecule has 1 aliphatic carbocycles. The molecule has 21 heavy (non-hydrogen) atoms. The van der Waals surface area contributed by atoms with Crippen molar-refractivity contribution >= 4 is 0 Å². The topological polar surface area (TPSA) is 15.3 Å². The number of halogens is 4. The normalized spacial score (nSPS) is 22.3. The Labute approximate surface area is 121 Å². The van der Waals surface area contributed by atoms with Gasteiger partial charge in [-0.15, -0.1) is 0 Å². The number of piperazine rings is 1. The third-order valence-electron chi connectivity index (χ3n) is 4.26. The maximum Gasteiger partial charge on any atom is 0.416 e. The van der Waals surface area contributed by atoms with E-state index in [-0.39, 0.29) is 6.04 Å².